The molecule has 1 aliphatic rings. The lowest BCUT2D eigenvalue weighted by molar-refractivity contribution is -0.138. The molecule has 0 spiro atoms. The Morgan fingerprint density at radius 2 is 1.48 bits per heavy atom. The molecule has 0 bridgehead atoms. The summed E-state index contributed by atoms with van der Waals surface area (Å²) < 4.78 is 38.0. The highest BCUT2D eigenvalue weighted by Crippen LogP contribution is 2.33. The predicted octanol–water partition coefficient (Wildman–Crippen LogP) is 2.84. The smallest absolute Gasteiger partial charge is 0.278 e. The molecule has 1 aliphatic heterocycles. The molecule has 0 unspecified atom stereocenters. The quantitative estimate of drug-likeness (QED) is 0.543. The van der Waals surface area contributed by atoms with E-state index >= 15 is 0 Å². The van der Waals surface area contributed by atoms with Crippen LogP contribution in [-0.2, 0) is 25.6 Å². The van der Waals surface area contributed by atoms with Crippen molar-refractivity contribution >= 4 is 17.4 Å². The van der Waals surface area contributed by atoms with Crippen molar-refractivity contribution in [2.45, 2.75) is 6.54 Å². The van der Waals surface area contributed by atoms with Crippen molar-refractivity contribution in [2.24, 2.45) is 0 Å². The Labute approximate surface area is 179 Å². The van der Waals surface area contributed by atoms with Gasteiger partial charge in [0, 0.05) is 32.9 Å². The lowest BCUT2D eigenvalue weighted by atomic mass is 10.0. The van der Waals surface area contributed by atoms with Gasteiger partial charge in [-0.25, -0.2) is 8.78 Å². The van der Waals surface area contributed by atoms with Crippen molar-refractivity contribution in [1.82, 2.24) is 9.80 Å². The Hall–Kier alpha value is -3.10. The van der Waals surface area contributed by atoms with E-state index in [1.54, 1.807) is 11.0 Å². The highest BCUT2D eigenvalue weighted by molar-refractivity contribution is 6.35. The summed E-state index contributed by atoms with van der Waals surface area (Å²) in [5.41, 5.74) is 0.949. The minimum absolute atomic E-state index is 0.147. The number of imide groups is 1. The standard InChI is InChI=1S/C23H24F2N2O4/c1-30-13-11-26(12-14-31-2)21-20(16-7-9-18(24)10-8-16)22(28)27(23(21)29)15-17-5-3-4-6-19(17)25/h3-10H,11-15H2,1-2H3. The van der Waals surface area contributed by atoms with Gasteiger partial charge < -0.3 is 14.4 Å². The van der Waals surface area contributed by atoms with Gasteiger partial charge in [0.1, 0.15) is 17.3 Å². The van der Waals surface area contributed by atoms with Crippen LogP contribution in [-0.4, -0.2) is 62.1 Å². The van der Waals surface area contributed by atoms with Crippen LogP contribution < -0.4 is 0 Å². The van der Waals surface area contributed by atoms with E-state index in [1.807, 2.05) is 0 Å². The third kappa shape index (κ3) is 4.98. The summed E-state index contributed by atoms with van der Waals surface area (Å²) in [6, 6.07) is 11.3. The second kappa shape index (κ2) is 10.3. The van der Waals surface area contributed by atoms with Crippen LogP contribution in [0.25, 0.3) is 5.57 Å². The number of hydrogen-bond acceptors (Lipinski definition) is 5. The Kier molecular flexibility index (Phi) is 7.49. The molecule has 0 fully saturated rings. The summed E-state index contributed by atoms with van der Waals surface area (Å²) in [5, 5.41) is 0. The number of rotatable bonds is 10. The van der Waals surface area contributed by atoms with Crippen LogP contribution in [0.15, 0.2) is 54.2 Å². The zero-order valence-electron chi connectivity index (χ0n) is 17.4. The number of hydrogen-bond donors (Lipinski definition) is 0. The summed E-state index contributed by atoms with van der Waals surface area (Å²) >= 11 is 0. The summed E-state index contributed by atoms with van der Waals surface area (Å²) in [4.78, 5) is 29.4. The molecule has 3 rings (SSSR count). The van der Waals surface area contributed by atoms with Gasteiger partial charge in [-0.2, -0.15) is 0 Å². The fourth-order valence-electron chi connectivity index (χ4n) is 3.41. The van der Waals surface area contributed by atoms with E-state index in [1.165, 1.54) is 56.7 Å². The molecule has 6 nitrogen and oxygen atoms in total. The molecule has 2 aromatic carbocycles. The topological polar surface area (TPSA) is 59.1 Å². The van der Waals surface area contributed by atoms with Gasteiger partial charge in [0.15, 0.2) is 0 Å². The Morgan fingerprint density at radius 3 is 2.06 bits per heavy atom. The summed E-state index contributed by atoms with van der Waals surface area (Å²) in [7, 11) is 3.08. The Bertz CT molecular complexity index is 968. The highest BCUT2D eigenvalue weighted by atomic mass is 19.1. The molecule has 8 heteroatoms. The fraction of sp³-hybridized carbons (Fsp3) is 0.304. The van der Waals surface area contributed by atoms with Crippen molar-refractivity contribution in [3.63, 3.8) is 0 Å². The van der Waals surface area contributed by atoms with Gasteiger partial charge in [0.05, 0.1) is 25.3 Å². The monoisotopic (exact) mass is 430 g/mol. The Balaban J connectivity index is 2.05. The van der Waals surface area contributed by atoms with E-state index in [0.29, 0.717) is 31.9 Å². The number of nitrogens with zero attached hydrogens (tertiary/aromatic N) is 2. The number of amides is 2. The summed E-state index contributed by atoms with van der Waals surface area (Å²) in [6.45, 7) is 1.11. The maximum absolute atomic E-state index is 14.2. The number of carbonyl (C=O) groups is 2. The van der Waals surface area contributed by atoms with Gasteiger partial charge in [-0.05, 0) is 23.8 Å². The molecule has 0 saturated carbocycles. The molecular weight excluding hydrogens is 406 g/mol. The van der Waals surface area contributed by atoms with Crippen molar-refractivity contribution in [2.75, 3.05) is 40.5 Å². The first-order valence-corrected chi connectivity index (χ1v) is 9.80. The average molecular weight is 430 g/mol. The SMILES string of the molecule is COCCN(CCOC)C1=C(c2ccc(F)cc2)C(=O)N(Cc2ccccc2F)C1=O. The number of carbonyl (C=O) groups excluding carboxylic acids is 2. The molecule has 0 aliphatic carbocycles. The van der Waals surface area contributed by atoms with Gasteiger partial charge in [0.25, 0.3) is 11.8 Å². The third-order valence-electron chi connectivity index (χ3n) is 5.01. The van der Waals surface area contributed by atoms with Gasteiger partial charge in [-0.3, -0.25) is 14.5 Å². The van der Waals surface area contributed by atoms with Crippen LogP contribution in [0, 0.1) is 11.6 Å². The molecule has 0 aromatic heterocycles. The number of halogens is 2. The van der Waals surface area contributed by atoms with Crippen LogP contribution in [0.2, 0.25) is 0 Å². The van der Waals surface area contributed by atoms with Crippen LogP contribution in [0.3, 0.4) is 0 Å². The van der Waals surface area contributed by atoms with Crippen LogP contribution >= 0.6 is 0 Å². The molecule has 1 heterocycles. The first-order valence-electron chi connectivity index (χ1n) is 9.80. The normalized spacial score (nSPS) is 14.0. The van der Waals surface area contributed by atoms with E-state index in [4.69, 9.17) is 9.47 Å². The minimum Gasteiger partial charge on any atom is -0.383 e. The zero-order chi connectivity index (χ0) is 22.4. The number of methoxy groups -OCH3 is 2. The molecule has 0 saturated heterocycles. The molecule has 2 aromatic rings. The average Bonchev–Trinajstić information content (AvgIpc) is 3.01. The molecule has 2 amide bonds. The van der Waals surface area contributed by atoms with E-state index < -0.39 is 23.4 Å². The second-order valence-corrected chi connectivity index (χ2v) is 6.99. The molecule has 164 valence electrons. The third-order valence-corrected chi connectivity index (χ3v) is 5.01. The summed E-state index contributed by atoms with van der Waals surface area (Å²) in [5.74, 6) is -2.06. The highest BCUT2D eigenvalue weighted by Gasteiger charge is 2.41. The zero-order valence-corrected chi connectivity index (χ0v) is 17.4. The first kappa shape index (κ1) is 22.6. The predicted molar refractivity (Wildman–Crippen MR) is 111 cm³/mol. The van der Waals surface area contributed by atoms with Crippen molar-refractivity contribution in [3.05, 3.63) is 77.0 Å². The summed E-state index contributed by atoms with van der Waals surface area (Å²) in [6.07, 6.45) is 0. The lowest BCUT2D eigenvalue weighted by Gasteiger charge is -2.25. The Morgan fingerprint density at radius 1 is 0.871 bits per heavy atom. The van der Waals surface area contributed by atoms with Crippen molar-refractivity contribution < 1.29 is 27.8 Å². The number of benzene rings is 2. The number of ether oxygens (including phenoxy) is 2. The lowest BCUT2D eigenvalue weighted by Crippen LogP contribution is -2.37. The van der Waals surface area contributed by atoms with Crippen LogP contribution in [0.5, 0.6) is 0 Å². The van der Waals surface area contributed by atoms with E-state index in [2.05, 4.69) is 0 Å². The molecule has 0 N–H and O–H groups in total. The molecule has 0 atom stereocenters. The van der Waals surface area contributed by atoms with Gasteiger partial charge in [-0.15, -0.1) is 0 Å². The maximum Gasteiger partial charge on any atom is 0.278 e. The minimum atomic E-state index is -0.560. The van der Waals surface area contributed by atoms with E-state index in [0.717, 1.165) is 4.90 Å². The van der Waals surface area contributed by atoms with E-state index in [-0.39, 0.29) is 23.4 Å². The van der Waals surface area contributed by atoms with Crippen molar-refractivity contribution in [1.29, 1.82) is 0 Å². The van der Waals surface area contributed by atoms with Crippen molar-refractivity contribution in [3.8, 4) is 0 Å². The molecule has 0 radical (unpaired) electrons. The fourth-order valence-corrected chi connectivity index (χ4v) is 3.41. The molecular formula is C23H24F2N2O4. The van der Waals surface area contributed by atoms with E-state index in [9.17, 15) is 18.4 Å². The molecule has 31 heavy (non-hydrogen) atoms. The van der Waals surface area contributed by atoms with Gasteiger partial charge in [-0.1, -0.05) is 30.3 Å². The second-order valence-electron chi connectivity index (χ2n) is 6.99. The maximum atomic E-state index is 14.2. The van der Waals surface area contributed by atoms with Gasteiger partial charge in [0.2, 0.25) is 0 Å². The van der Waals surface area contributed by atoms with Crippen LogP contribution in [0.1, 0.15) is 11.1 Å². The van der Waals surface area contributed by atoms with Crippen LogP contribution in [0.4, 0.5) is 8.78 Å². The van der Waals surface area contributed by atoms with Gasteiger partial charge >= 0.3 is 0 Å². The largest absolute Gasteiger partial charge is 0.383 e. The first-order chi connectivity index (χ1) is 15.0.